The number of aryl methyl sites for hydroxylation is 2. The zero-order valence-electron chi connectivity index (χ0n) is 10.4. The number of benzene rings is 2. The van der Waals surface area contributed by atoms with E-state index < -0.39 is 5.37 Å². The SMILES string of the molecule is Cc1cccc(N(C(=O)Cl)c2cccc(C)c2)c1. The fourth-order valence-corrected chi connectivity index (χ4v) is 2.08. The van der Waals surface area contributed by atoms with E-state index >= 15 is 0 Å². The number of hydrogen-bond donors (Lipinski definition) is 0. The summed E-state index contributed by atoms with van der Waals surface area (Å²) in [5.74, 6) is 0. The van der Waals surface area contributed by atoms with Crippen molar-refractivity contribution in [2.45, 2.75) is 13.8 Å². The Bertz CT molecular complexity index is 535. The molecule has 0 saturated heterocycles. The van der Waals surface area contributed by atoms with Crippen molar-refractivity contribution in [2.24, 2.45) is 0 Å². The number of carbonyl (C=O) groups is 1. The first-order valence-electron chi connectivity index (χ1n) is 5.71. The van der Waals surface area contributed by atoms with Crippen LogP contribution in [0.25, 0.3) is 0 Å². The number of carbonyl (C=O) groups excluding carboxylic acids is 1. The van der Waals surface area contributed by atoms with E-state index in [9.17, 15) is 4.79 Å². The highest BCUT2D eigenvalue weighted by Crippen LogP contribution is 2.28. The van der Waals surface area contributed by atoms with E-state index in [1.165, 1.54) is 4.90 Å². The lowest BCUT2D eigenvalue weighted by molar-refractivity contribution is 0.266. The monoisotopic (exact) mass is 259 g/mol. The molecule has 1 amide bonds. The van der Waals surface area contributed by atoms with Gasteiger partial charge in [0.2, 0.25) is 0 Å². The number of anilines is 2. The van der Waals surface area contributed by atoms with E-state index in [2.05, 4.69) is 0 Å². The van der Waals surface area contributed by atoms with Crippen LogP contribution in [0.1, 0.15) is 11.1 Å². The molecule has 0 bridgehead atoms. The van der Waals surface area contributed by atoms with Gasteiger partial charge in [-0.15, -0.1) is 0 Å². The van der Waals surface area contributed by atoms with Gasteiger partial charge in [-0.25, -0.2) is 0 Å². The molecule has 0 aliphatic rings. The third-order valence-electron chi connectivity index (χ3n) is 2.70. The quantitative estimate of drug-likeness (QED) is 0.560. The van der Waals surface area contributed by atoms with Gasteiger partial charge in [0.15, 0.2) is 0 Å². The smallest absolute Gasteiger partial charge is 0.268 e. The van der Waals surface area contributed by atoms with Crippen molar-refractivity contribution in [1.29, 1.82) is 0 Å². The van der Waals surface area contributed by atoms with Crippen molar-refractivity contribution < 1.29 is 4.79 Å². The molecule has 18 heavy (non-hydrogen) atoms. The topological polar surface area (TPSA) is 20.3 Å². The third kappa shape index (κ3) is 2.71. The summed E-state index contributed by atoms with van der Waals surface area (Å²) in [5, 5.41) is -0.508. The Morgan fingerprint density at radius 2 is 1.39 bits per heavy atom. The molecule has 92 valence electrons. The molecule has 0 radical (unpaired) electrons. The minimum Gasteiger partial charge on any atom is -0.268 e. The van der Waals surface area contributed by atoms with Gasteiger partial charge in [-0.3, -0.25) is 9.69 Å². The second-order valence-electron chi connectivity index (χ2n) is 4.27. The maximum Gasteiger partial charge on any atom is 0.325 e. The van der Waals surface area contributed by atoms with Crippen molar-refractivity contribution in [1.82, 2.24) is 0 Å². The second-order valence-corrected chi connectivity index (χ2v) is 4.59. The average molecular weight is 260 g/mol. The Labute approximate surface area is 112 Å². The van der Waals surface area contributed by atoms with Crippen LogP contribution in [0.15, 0.2) is 48.5 Å². The van der Waals surface area contributed by atoms with Gasteiger partial charge >= 0.3 is 5.37 Å². The van der Waals surface area contributed by atoms with Gasteiger partial charge in [0.1, 0.15) is 0 Å². The van der Waals surface area contributed by atoms with Crippen molar-refractivity contribution in [3.63, 3.8) is 0 Å². The summed E-state index contributed by atoms with van der Waals surface area (Å²) < 4.78 is 0. The summed E-state index contributed by atoms with van der Waals surface area (Å²) in [6.07, 6.45) is 0. The normalized spacial score (nSPS) is 10.2. The zero-order chi connectivity index (χ0) is 13.1. The minimum absolute atomic E-state index is 0.508. The number of hydrogen-bond acceptors (Lipinski definition) is 1. The number of halogens is 1. The van der Waals surface area contributed by atoms with Gasteiger partial charge in [-0.1, -0.05) is 24.3 Å². The minimum atomic E-state index is -0.508. The molecular formula is C15H14ClNO. The first-order valence-corrected chi connectivity index (χ1v) is 6.08. The number of rotatable bonds is 2. The van der Waals surface area contributed by atoms with Gasteiger partial charge in [0.25, 0.3) is 0 Å². The van der Waals surface area contributed by atoms with Crippen molar-refractivity contribution in [2.75, 3.05) is 4.90 Å². The van der Waals surface area contributed by atoms with E-state index in [1.807, 2.05) is 62.4 Å². The Kier molecular flexibility index (Phi) is 3.68. The number of nitrogens with zero attached hydrogens (tertiary/aromatic N) is 1. The summed E-state index contributed by atoms with van der Waals surface area (Å²) in [7, 11) is 0. The second kappa shape index (κ2) is 5.23. The summed E-state index contributed by atoms with van der Waals surface area (Å²) >= 11 is 5.70. The van der Waals surface area contributed by atoms with E-state index in [0.29, 0.717) is 0 Å². The molecule has 0 atom stereocenters. The lowest BCUT2D eigenvalue weighted by Crippen LogP contribution is -2.19. The van der Waals surface area contributed by atoms with Crippen LogP contribution in [0.3, 0.4) is 0 Å². The average Bonchev–Trinajstić information content (AvgIpc) is 2.28. The Morgan fingerprint density at radius 3 is 1.72 bits per heavy atom. The zero-order valence-corrected chi connectivity index (χ0v) is 11.1. The summed E-state index contributed by atoms with van der Waals surface area (Å²) in [5.41, 5.74) is 3.73. The predicted molar refractivity (Wildman–Crippen MR) is 75.7 cm³/mol. The lowest BCUT2D eigenvalue weighted by atomic mass is 10.1. The molecule has 0 saturated carbocycles. The van der Waals surface area contributed by atoms with Crippen molar-refractivity contribution in [3.8, 4) is 0 Å². The molecule has 2 aromatic carbocycles. The highest BCUT2D eigenvalue weighted by molar-refractivity contribution is 6.66. The lowest BCUT2D eigenvalue weighted by Gasteiger charge is -2.20. The fourth-order valence-electron chi connectivity index (χ4n) is 1.89. The maximum absolute atomic E-state index is 11.7. The number of amides is 1. The van der Waals surface area contributed by atoms with Crippen LogP contribution < -0.4 is 4.90 Å². The molecular weight excluding hydrogens is 246 g/mol. The van der Waals surface area contributed by atoms with Gasteiger partial charge < -0.3 is 0 Å². The molecule has 2 rings (SSSR count). The van der Waals surface area contributed by atoms with Crippen LogP contribution in [-0.2, 0) is 0 Å². The van der Waals surface area contributed by atoms with Gasteiger partial charge in [0.05, 0.1) is 11.4 Å². The third-order valence-corrected chi connectivity index (χ3v) is 2.86. The maximum atomic E-state index is 11.7. The molecule has 0 heterocycles. The molecule has 0 fully saturated rings. The predicted octanol–water partition coefficient (Wildman–Crippen LogP) is 4.80. The van der Waals surface area contributed by atoms with E-state index in [4.69, 9.17) is 11.6 Å². The molecule has 0 aliphatic heterocycles. The van der Waals surface area contributed by atoms with Crippen LogP contribution in [-0.4, -0.2) is 5.37 Å². The van der Waals surface area contributed by atoms with Gasteiger partial charge in [-0.2, -0.15) is 0 Å². The molecule has 3 heteroatoms. The van der Waals surface area contributed by atoms with E-state index in [-0.39, 0.29) is 0 Å². The Balaban J connectivity index is 2.50. The molecule has 0 spiro atoms. The van der Waals surface area contributed by atoms with Gasteiger partial charge in [0, 0.05) is 0 Å². The first kappa shape index (κ1) is 12.7. The van der Waals surface area contributed by atoms with E-state index in [1.54, 1.807) is 0 Å². The van der Waals surface area contributed by atoms with Crippen LogP contribution in [0.5, 0.6) is 0 Å². The standard InChI is InChI=1S/C15H14ClNO/c1-11-5-3-7-13(9-11)17(15(16)18)14-8-4-6-12(2)10-14/h3-10H,1-2H3. The van der Waals surface area contributed by atoms with Crippen LogP contribution in [0, 0.1) is 13.8 Å². The van der Waals surface area contributed by atoms with Crippen molar-refractivity contribution in [3.05, 3.63) is 59.7 Å². The highest BCUT2D eigenvalue weighted by atomic mass is 35.5. The van der Waals surface area contributed by atoms with Crippen LogP contribution >= 0.6 is 11.6 Å². The summed E-state index contributed by atoms with van der Waals surface area (Å²) in [6, 6.07) is 15.4. The molecule has 0 unspecified atom stereocenters. The molecule has 2 aromatic rings. The molecule has 0 aliphatic carbocycles. The molecule has 0 aromatic heterocycles. The van der Waals surface area contributed by atoms with Crippen LogP contribution in [0.4, 0.5) is 16.2 Å². The fraction of sp³-hybridized carbons (Fsp3) is 0.133. The largest absolute Gasteiger partial charge is 0.325 e. The highest BCUT2D eigenvalue weighted by Gasteiger charge is 2.15. The molecule has 2 nitrogen and oxygen atoms in total. The van der Waals surface area contributed by atoms with Gasteiger partial charge in [-0.05, 0) is 60.8 Å². The molecule has 0 N–H and O–H groups in total. The van der Waals surface area contributed by atoms with E-state index in [0.717, 1.165) is 22.5 Å². The Hall–Kier alpha value is -1.80. The van der Waals surface area contributed by atoms with Crippen molar-refractivity contribution >= 4 is 28.3 Å². The summed E-state index contributed by atoms with van der Waals surface area (Å²) in [4.78, 5) is 13.2. The first-order chi connectivity index (χ1) is 8.58. The summed E-state index contributed by atoms with van der Waals surface area (Å²) in [6.45, 7) is 3.97. The van der Waals surface area contributed by atoms with Crippen LogP contribution in [0.2, 0.25) is 0 Å². The Morgan fingerprint density at radius 1 is 0.944 bits per heavy atom.